The van der Waals surface area contributed by atoms with E-state index >= 15 is 0 Å². The first-order valence-electron chi connectivity index (χ1n) is 3.37. The second-order valence-electron chi connectivity index (χ2n) is 1.96. The Balaban J connectivity index is 4.60. The average Bonchev–Trinajstić information content (AvgIpc) is 2.03. The molecule has 0 heterocycles. The molecular formula is C10H13N. The Bertz CT molecular complexity index is 209. The summed E-state index contributed by atoms with van der Waals surface area (Å²) in [6.45, 7) is 12.7. The summed E-state index contributed by atoms with van der Waals surface area (Å²) in [6.07, 6.45) is 6.72. The van der Waals surface area contributed by atoms with Crippen LogP contribution in [0.3, 0.4) is 0 Å². The highest BCUT2D eigenvalue weighted by Crippen LogP contribution is 2.06. The van der Waals surface area contributed by atoms with Gasteiger partial charge in [-0.2, -0.15) is 0 Å². The Morgan fingerprint density at radius 3 is 2.09 bits per heavy atom. The van der Waals surface area contributed by atoms with Crippen LogP contribution in [0.4, 0.5) is 0 Å². The van der Waals surface area contributed by atoms with Crippen molar-refractivity contribution in [2.75, 3.05) is 0 Å². The lowest BCUT2D eigenvalue weighted by molar-refractivity contribution is 1.28. The van der Waals surface area contributed by atoms with Crippen molar-refractivity contribution in [3.05, 3.63) is 49.2 Å². The van der Waals surface area contributed by atoms with Crippen LogP contribution in [-0.4, -0.2) is 6.21 Å². The van der Waals surface area contributed by atoms with Crippen LogP contribution in [0, 0.1) is 0 Å². The Hall–Kier alpha value is -1.37. The van der Waals surface area contributed by atoms with Crippen LogP contribution in [0.1, 0.15) is 6.92 Å². The second-order valence-corrected chi connectivity index (χ2v) is 1.96. The van der Waals surface area contributed by atoms with Crippen molar-refractivity contribution < 1.29 is 0 Å². The average molecular weight is 147 g/mol. The van der Waals surface area contributed by atoms with Gasteiger partial charge in [0.2, 0.25) is 0 Å². The van der Waals surface area contributed by atoms with Crippen LogP contribution >= 0.6 is 0 Å². The van der Waals surface area contributed by atoms with Gasteiger partial charge in [0.05, 0.1) is 0 Å². The van der Waals surface area contributed by atoms with Crippen molar-refractivity contribution in [2.45, 2.75) is 6.92 Å². The molecule has 1 nitrogen and oxygen atoms in total. The molecule has 0 radical (unpaired) electrons. The highest BCUT2D eigenvalue weighted by atomic mass is 14.7. The molecule has 0 aromatic carbocycles. The number of hydrogen-bond acceptors (Lipinski definition) is 1. The minimum atomic E-state index is 0.898. The molecule has 0 saturated carbocycles. The monoisotopic (exact) mass is 147 g/mol. The molecule has 58 valence electrons. The Morgan fingerprint density at radius 1 is 1.18 bits per heavy atom. The van der Waals surface area contributed by atoms with E-state index in [1.165, 1.54) is 0 Å². The second kappa shape index (κ2) is 5.42. The summed E-state index contributed by atoms with van der Waals surface area (Å²) in [7, 11) is 0. The Kier molecular flexibility index (Phi) is 4.74. The fourth-order valence-electron chi connectivity index (χ4n) is 0.618. The predicted octanol–water partition coefficient (Wildman–Crippen LogP) is 2.89. The van der Waals surface area contributed by atoms with Gasteiger partial charge in [0.25, 0.3) is 0 Å². The molecule has 0 N–H and O–H groups in total. The molecule has 0 aliphatic rings. The number of aliphatic imine (C=N–C) groups is 1. The van der Waals surface area contributed by atoms with E-state index in [4.69, 9.17) is 0 Å². The summed E-state index contributed by atoms with van der Waals surface area (Å²) in [6, 6.07) is 0. The van der Waals surface area contributed by atoms with Crippen LogP contribution in [0.15, 0.2) is 54.2 Å². The van der Waals surface area contributed by atoms with E-state index in [0.717, 1.165) is 11.3 Å². The van der Waals surface area contributed by atoms with Crippen molar-refractivity contribution in [3.8, 4) is 0 Å². The topological polar surface area (TPSA) is 12.4 Å². The first-order chi connectivity index (χ1) is 5.26. The lowest BCUT2D eigenvalue weighted by Crippen LogP contribution is -1.77. The standard InChI is InChI=1S/C10H13N/c1-5-8-11-9(4)10(6-2)7-3/h5-8H,1-3H2,4H3. The number of allylic oxidation sites excluding steroid dienone is 5. The molecule has 0 rings (SSSR count). The highest BCUT2D eigenvalue weighted by molar-refractivity contribution is 5.71. The minimum Gasteiger partial charge on any atom is -0.261 e. The van der Waals surface area contributed by atoms with Crippen molar-refractivity contribution in [1.29, 1.82) is 0 Å². The summed E-state index contributed by atoms with van der Waals surface area (Å²) in [5.41, 5.74) is 1.85. The van der Waals surface area contributed by atoms with Crippen LogP contribution in [-0.2, 0) is 0 Å². The molecule has 0 aliphatic heterocycles. The molecule has 11 heavy (non-hydrogen) atoms. The third-order valence-corrected chi connectivity index (χ3v) is 1.23. The molecule has 0 aromatic rings. The van der Waals surface area contributed by atoms with Gasteiger partial charge in [-0.25, -0.2) is 0 Å². The van der Waals surface area contributed by atoms with Gasteiger partial charge < -0.3 is 0 Å². The Labute approximate surface area is 68.2 Å². The molecule has 0 bridgehead atoms. The zero-order chi connectivity index (χ0) is 8.69. The van der Waals surface area contributed by atoms with Crippen molar-refractivity contribution >= 4 is 6.21 Å². The fraction of sp³-hybridized carbons (Fsp3) is 0.100. The summed E-state index contributed by atoms with van der Waals surface area (Å²) in [5, 5.41) is 0. The maximum absolute atomic E-state index is 4.08. The summed E-state index contributed by atoms with van der Waals surface area (Å²) in [5.74, 6) is 0. The summed E-state index contributed by atoms with van der Waals surface area (Å²) >= 11 is 0. The van der Waals surface area contributed by atoms with Gasteiger partial charge in [-0.1, -0.05) is 38.0 Å². The van der Waals surface area contributed by atoms with E-state index in [1.807, 2.05) is 6.92 Å². The third kappa shape index (κ3) is 3.36. The summed E-state index contributed by atoms with van der Waals surface area (Å²) in [4.78, 5) is 4.08. The van der Waals surface area contributed by atoms with E-state index in [-0.39, 0.29) is 0 Å². The molecule has 0 saturated heterocycles. The van der Waals surface area contributed by atoms with E-state index in [9.17, 15) is 0 Å². The van der Waals surface area contributed by atoms with E-state index < -0.39 is 0 Å². The first-order valence-corrected chi connectivity index (χ1v) is 3.37. The smallest absolute Gasteiger partial charge is 0.0444 e. The molecule has 0 atom stereocenters. The van der Waals surface area contributed by atoms with E-state index in [2.05, 4.69) is 24.7 Å². The fourth-order valence-corrected chi connectivity index (χ4v) is 0.618. The molecule has 0 aliphatic carbocycles. The lowest BCUT2D eigenvalue weighted by atomic mass is 10.2. The largest absolute Gasteiger partial charge is 0.261 e. The quantitative estimate of drug-likeness (QED) is 0.428. The normalized spacial score (nSPS) is 9.18. The molecular weight excluding hydrogens is 134 g/mol. The molecule has 0 spiro atoms. The lowest BCUT2D eigenvalue weighted by Gasteiger charge is -1.95. The number of hydrogen-bond donors (Lipinski definition) is 0. The first kappa shape index (κ1) is 9.63. The van der Waals surface area contributed by atoms with E-state index in [1.54, 1.807) is 24.4 Å². The van der Waals surface area contributed by atoms with Gasteiger partial charge in [0.1, 0.15) is 0 Å². The van der Waals surface area contributed by atoms with Crippen LogP contribution in [0.25, 0.3) is 0 Å². The zero-order valence-corrected chi connectivity index (χ0v) is 6.88. The van der Waals surface area contributed by atoms with Gasteiger partial charge >= 0.3 is 0 Å². The molecule has 0 aromatic heterocycles. The van der Waals surface area contributed by atoms with Gasteiger partial charge in [0.15, 0.2) is 0 Å². The maximum Gasteiger partial charge on any atom is 0.0444 e. The van der Waals surface area contributed by atoms with Crippen molar-refractivity contribution in [2.24, 2.45) is 4.99 Å². The highest BCUT2D eigenvalue weighted by Gasteiger charge is 1.88. The van der Waals surface area contributed by atoms with Crippen molar-refractivity contribution in [1.82, 2.24) is 0 Å². The minimum absolute atomic E-state index is 0.898. The third-order valence-electron chi connectivity index (χ3n) is 1.23. The number of rotatable bonds is 4. The predicted molar refractivity (Wildman–Crippen MR) is 51.8 cm³/mol. The maximum atomic E-state index is 4.08. The van der Waals surface area contributed by atoms with Crippen molar-refractivity contribution in [3.63, 3.8) is 0 Å². The number of nitrogens with zero attached hydrogens (tertiary/aromatic N) is 1. The van der Waals surface area contributed by atoms with Crippen LogP contribution < -0.4 is 0 Å². The molecule has 1 heteroatoms. The van der Waals surface area contributed by atoms with Gasteiger partial charge in [-0.3, -0.25) is 4.99 Å². The Morgan fingerprint density at radius 2 is 1.73 bits per heavy atom. The van der Waals surface area contributed by atoms with Gasteiger partial charge in [-0.15, -0.1) is 0 Å². The molecule has 0 unspecified atom stereocenters. The van der Waals surface area contributed by atoms with Gasteiger partial charge in [-0.05, 0) is 12.5 Å². The van der Waals surface area contributed by atoms with Crippen LogP contribution in [0.5, 0.6) is 0 Å². The van der Waals surface area contributed by atoms with E-state index in [0.29, 0.717) is 0 Å². The zero-order valence-electron chi connectivity index (χ0n) is 6.88. The summed E-state index contributed by atoms with van der Waals surface area (Å²) < 4.78 is 0. The SMILES string of the molecule is C=CC=NC(C)=C(C=C)C=C. The van der Waals surface area contributed by atoms with Gasteiger partial charge in [0, 0.05) is 11.9 Å². The van der Waals surface area contributed by atoms with Crippen LogP contribution in [0.2, 0.25) is 0 Å². The molecule has 0 amide bonds. The molecule has 0 fully saturated rings.